The molecule has 1 aliphatic rings. The number of hydrogen-bond donors (Lipinski definition) is 1. The lowest BCUT2D eigenvalue weighted by Gasteiger charge is -2.26. The summed E-state index contributed by atoms with van der Waals surface area (Å²) in [6.07, 6.45) is 3.38. The molecule has 0 heterocycles. The van der Waals surface area contributed by atoms with E-state index >= 15 is 0 Å². The van der Waals surface area contributed by atoms with Crippen molar-refractivity contribution < 1.29 is 18.3 Å². The number of carbonyl (C=O) groups is 1. The fraction of sp³-hybridized carbons (Fsp3) is 0.917. The average molecular weight is 277 g/mol. The van der Waals surface area contributed by atoms with Gasteiger partial charge in [-0.25, -0.2) is 12.7 Å². The Morgan fingerprint density at radius 3 is 2.50 bits per heavy atom. The number of carboxylic acids is 1. The second-order valence-electron chi connectivity index (χ2n) is 4.80. The Morgan fingerprint density at radius 2 is 2.00 bits per heavy atom. The van der Waals surface area contributed by atoms with Crippen LogP contribution in [0.2, 0.25) is 0 Å². The fourth-order valence-corrected chi connectivity index (χ4v) is 4.81. The molecule has 0 aromatic rings. The molecule has 106 valence electrons. The summed E-state index contributed by atoms with van der Waals surface area (Å²) in [7, 11) is -3.46. The van der Waals surface area contributed by atoms with Crippen molar-refractivity contribution in [3.8, 4) is 0 Å². The quantitative estimate of drug-likeness (QED) is 0.768. The van der Waals surface area contributed by atoms with Crippen LogP contribution in [0.25, 0.3) is 0 Å². The Morgan fingerprint density at radius 1 is 1.33 bits per heavy atom. The highest BCUT2D eigenvalue weighted by molar-refractivity contribution is 7.89. The maximum atomic E-state index is 12.4. The van der Waals surface area contributed by atoms with Gasteiger partial charge in [-0.2, -0.15) is 0 Å². The molecule has 1 fully saturated rings. The molecule has 0 radical (unpaired) electrons. The standard InChI is InChI=1S/C12H23NO4S/c1-3-5-9-13(4-2)18(16,17)11-8-6-7-10(11)12(14)15/h10-11H,3-9H2,1-2H3,(H,14,15). The summed E-state index contributed by atoms with van der Waals surface area (Å²) in [6.45, 7) is 4.73. The number of aliphatic carboxylic acids is 1. The normalized spacial score (nSPS) is 24.6. The highest BCUT2D eigenvalue weighted by atomic mass is 32.2. The zero-order valence-electron chi connectivity index (χ0n) is 11.1. The highest BCUT2D eigenvalue weighted by Gasteiger charge is 2.43. The second kappa shape index (κ2) is 6.52. The van der Waals surface area contributed by atoms with Gasteiger partial charge in [0.2, 0.25) is 10.0 Å². The molecule has 0 aliphatic heterocycles. The third-order valence-electron chi connectivity index (χ3n) is 3.63. The highest BCUT2D eigenvalue weighted by Crippen LogP contribution is 2.33. The lowest BCUT2D eigenvalue weighted by molar-refractivity contribution is -0.141. The van der Waals surface area contributed by atoms with Gasteiger partial charge in [-0.15, -0.1) is 0 Å². The van der Waals surface area contributed by atoms with E-state index in [1.54, 1.807) is 6.92 Å². The number of hydrogen-bond acceptors (Lipinski definition) is 3. The molecule has 2 atom stereocenters. The van der Waals surface area contributed by atoms with Gasteiger partial charge in [-0.3, -0.25) is 4.79 Å². The minimum Gasteiger partial charge on any atom is -0.481 e. The number of rotatable bonds is 7. The van der Waals surface area contributed by atoms with E-state index in [-0.39, 0.29) is 0 Å². The summed E-state index contributed by atoms with van der Waals surface area (Å²) in [5.41, 5.74) is 0. The molecule has 1 N–H and O–H groups in total. The van der Waals surface area contributed by atoms with Crippen molar-refractivity contribution in [2.45, 2.75) is 51.2 Å². The van der Waals surface area contributed by atoms with Crippen molar-refractivity contribution >= 4 is 16.0 Å². The van der Waals surface area contributed by atoms with E-state index in [1.165, 1.54) is 4.31 Å². The van der Waals surface area contributed by atoms with E-state index in [0.29, 0.717) is 32.4 Å². The minimum atomic E-state index is -3.46. The third kappa shape index (κ3) is 3.23. The van der Waals surface area contributed by atoms with E-state index in [4.69, 9.17) is 5.11 Å². The van der Waals surface area contributed by atoms with E-state index < -0.39 is 27.2 Å². The monoisotopic (exact) mass is 277 g/mol. The predicted molar refractivity (Wildman–Crippen MR) is 69.8 cm³/mol. The van der Waals surface area contributed by atoms with Crippen molar-refractivity contribution in [1.29, 1.82) is 0 Å². The SMILES string of the molecule is CCCCN(CC)S(=O)(=O)C1CCCC1C(=O)O. The van der Waals surface area contributed by atoms with Gasteiger partial charge in [-0.1, -0.05) is 26.7 Å². The Hall–Kier alpha value is -0.620. The van der Waals surface area contributed by atoms with Crippen LogP contribution in [0.15, 0.2) is 0 Å². The molecule has 6 heteroatoms. The Kier molecular flexibility index (Phi) is 5.59. The fourth-order valence-electron chi connectivity index (χ4n) is 2.56. The summed E-state index contributed by atoms with van der Waals surface area (Å²) >= 11 is 0. The van der Waals surface area contributed by atoms with E-state index in [0.717, 1.165) is 12.8 Å². The van der Waals surface area contributed by atoms with Crippen molar-refractivity contribution in [3.63, 3.8) is 0 Å². The van der Waals surface area contributed by atoms with Crippen LogP contribution in [-0.2, 0) is 14.8 Å². The van der Waals surface area contributed by atoms with Crippen LogP contribution >= 0.6 is 0 Å². The molecule has 2 unspecified atom stereocenters. The molecule has 1 rings (SSSR count). The molecule has 0 amide bonds. The first-order chi connectivity index (χ1) is 8.45. The summed E-state index contributed by atoms with van der Waals surface area (Å²) in [5, 5.41) is 8.36. The predicted octanol–water partition coefficient (Wildman–Crippen LogP) is 1.69. The Bertz CT molecular complexity index is 380. The van der Waals surface area contributed by atoms with Gasteiger partial charge in [0, 0.05) is 13.1 Å². The first kappa shape index (κ1) is 15.4. The van der Waals surface area contributed by atoms with Crippen LogP contribution in [0.5, 0.6) is 0 Å². The van der Waals surface area contributed by atoms with Crippen molar-refractivity contribution in [1.82, 2.24) is 4.31 Å². The second-order valence-corrected chi connectivity index (χ2v) is 6.96. The minimum absolute atomic E-state index is 0.422. The zero-order valence-corrected chi connectivity index (χ0v) is 11.9. The lowest BCUT2D eigenvalue weighted by atomic mass is 10.1. The molecule has 0 aromatic heterocycles. The van der Waals surface area contributed by atoms with Crippen molar-refractivity contribution in [3.05, 3.63) is 0 Å². The molecule has 5 nitrogen and oxygen atoms in total. The van der Waals surface area contributed by atoms with Gasteiger partial charge in [0.1, 0.15) is 0 Å². The topological polar surface area (TPSA) is 74.7 Å². The van der Waals surface area contributed by atoms with E-state index in [2.05, 4.69) is 0 Å². The van der Waals surface area contributed by atoms with Crippen LogP contribution in [-0.4, -0.2) is 42.1 Å². The van der Waals surface area contributed by atoms with Gasteiger partial charge in [-0.05, 0) is 19.3 Å². The maximum absolute atomic E-state index is 12.4. The number of sulfonamides is 1. The first-order valence-electron chi connectivity index (χ1n) is 6.66. The lowest BCUT2D eigenvalue weighted by Crippen LogP contribution is -2.42. The summed E-state index contributed by atoms with van der Waals surface area (Å²) in [4.78, 5) is 11.1. The Labute approximate surface area is 109 Å². The van der Waals surface area contributed by atoms with Crippen molar-refractivity contribution in [2.75, 3.05) is 13.1 Å². The molecular weight excluding hydrogens is 254 g/mol. The largest absolute Gasteiger partial charge is 0.481 e. The van der Waals surface area contributed by atoms with Crippen LogP contribution in [0.1, 0.15) is 46.0 Å². The van der Waals surface area contributed by atoms with E-state index in [9.17, 15) is 13.2 Å². The van der Waals surface area contributed by atoms with Gasteiger partial charge in [0.05, 0.1) is 11.2 Å². The third-order valence-corrected chi connectivity index (χ3v) is 6.12. The van der Waals surface area contributed by atoms with Gasteiger partial charge in [0.25, 0.3) is 0 Å². The molecule has 0 spiro atoms. The van der Waals surface area contributed by atoms with Gasteiger partial charge >= 0.3 is 5.97 Å². The Balaban J connectivity index is 2.86. The molecule has 0 saturated heterocycles. The molecule has 0 aromatic carbocycles. The number of unbranched alkanes of at least 4 members (excludes halogenated alkanes) is 1. The van der Waals surface area contributed by atoms with Crippen LogP contribution in [0.4, 0.5) is 0 Å². The summed E-state index contributed by atoms with van der Waals surface area (Å²) in [6, 6.07) is 0. The van der Waals surface area contributed by atoms with Crippen LogP contribution in [0.3, 0.4) is 0 Å². The average Bonchev–Trinajstić information content (AvgIpc) is 2.79. The van der Waals surface area contributed by atoms with Crippen LogP contribution < -0.4 is 0 Å². The molecule has 0 bridgehead atoms. The molecule has 1 saturated carbocycles. The maximum Gasteiger partial charge on any atom is 0.307 e. The zero-order chi connectivity index (χ0) is 13.8. The van der Waals surface area contributed by atoms with Crippen molar-refractivity contribution in [2.24, 2.45) is 5.92 Å². The molecule has 18 heavy (non-hydrogen) atoms. The number of carboxylic acid groups (broad SMARTS) is 1. The summed E-state index contributed by atoms with van der Waals surface area (Å²) in [5.74, 6) is -1.71. The molecule has 1 aliphatic carbocycles. The van der Waals surface area contributed by atoms with E-state index in [1.807, 2.05) is 6.92 Å². The number of nitrogens with zero attached hydrogens (tertiary/aromatic N) is 1. The smallest absolute Gasteiger partial charge is 0.307 e. The first-order valence-corrected chi connectivity index (χ1v) is 8.17. The molecular formula is C12H23NO4S. The van der Waals surface area contributed by atoms with Gasteiger partial charge in [0.15, 0.2) is 0 Å². The summed E-state index contributed by atoms with van der Waals surface area (Å²) < 4.78 is 26.3. The van der Waals surface area contributed by atoms with Gasteiger partial charge < -0.3 is 5.11 Å². The van der Waals surface area contributed by atoms with Crippen LogP contribution in [0, 0.1) is 5.92 Å².